The van der Waals surface area contributed by atoms with Gasteiger partial charge in [0.25, 0.3) is 0 Å². The molecule has 0 bridgehead atoms. The first kappa shape index (κ1) is 20.7. The van der Waals surface area contributed by atoms with Gasteiger partial charge in [-0.25, -0.2) is 4.85 Å². The molecule has 1 atom stereocenters. The highest BCUT2D eigenvalue weighted by Gasteiger charge is 2.28. The monoisotopic (exact) mass is 429 g/mol. The predicted octanol–water partition coefficient (Wildman–Crippen LogP) is 4.61. The van der Waals surface area contributed by atoms with E-state index in [0.29, 0.717) is 29.0 Å². The van der Waals surface area contributed by atoms with E-state index in [0.717, 1.165) is 62.2 Å². The first-order valence-corrected chi connectivity index (χ1v) is 11.3. The Morgan fingerprint density at radius 2 is 1.88 bits per heavy atom. The summed E-state index contributed by atoms with van der Waals surface area (Å²) in [4.78, 5) is 5.98. The predicted molar refractivity (Wildman–Crippen MR) is 125 cm³/mol. The highest BCUT2D eigenvalue weighted by molar-refractivity contribution is 6.01. The van der Waals surface area contributed by atoms with Crippen LogP contribution in [0.5, 0.6) is 5.75 Å². The number of rotatable bonds is 4. The average molecular weight is 430 g/mol. The number of nitrogens with zero attached hydrogens (tertiary/aromatic N) is 4. The summed E-state index contributed by atoms with van der Waals surface area (Å²) in [6, 6.07) is 13.8. The van der Waals surface area contributed by atoms with Gasteiger partial charge in [0.15, 0.2) is 11.5 Å². The average Bonchev–Trinajstić information content (AvgIpc) is 2.85. The fourth-order valence-corrected chi connectivity index (χ4v) is 4.90. The molecule has 0 unspecified atom stereocenters. The molecule has 0 saturated carbocycles. The van der Waals surface area contributed by atoms with Gasteiger partial charge < -0.3 is 15.2 Å². The van der Waals surface area contributed by atoms with Crippen molar-refractivity contribution in [3.8, 4) is 17.0 Å². The molecule has 7 nitrogen and oxygen atoms in total. The second kappa shape index (κ2) is 9.11. The van der Waals surface area contributed by atoms with Gasteiger partial charge in [0.2, 0.25) is 0 Å². The fourth-order valence-electron chi connectivity index (χ4n) is 4.90. The molecule has 0 aliphatic carbocycles. The van der Waals surface area contributed by atoms with Gasteiger partial charge in [-0.2, -0.15) is 0 Å². The minimum absolute atomic E-state index is 0.0399. The smallest absolute Gasteiger partial charge is 0.190 e. The number of fused-ring (bicyclic) bond motifs is 1. The number of anilines is 1. The van der Waals surface area contributed by atoms with Crippen LogP contribution in [0.1, 0.15) is 25.7 Å². The van der Waals surface area contributed by atoms with Crippen LogP contribution in [0.2, 0.25) is 0 Å². The number of ether oxygens (including phenoxy) is 1. The van der Waals surface area contributed by atoms with Gasteiger partial charge in [0.05, 0.1) is 6.57 Å². The molecule has 5 rings (SSSR count). The summed E-state index contributed by atoms with van der Waals surface area (Å²) in [6.45, 7) is 11.0. The lowest BCUT2D eigenvalue weighted by Crippen LogP contribution is -2.48. The van der Waals surface area contributed by atoms with Gasteiger partial charge in [-0.05, 0) is 38.3 Å². The van der Waals surface area contributed by atoms with Gasteiger partial charge in [0.1, 0.15) is 11.4 Å². The number of phenolic OH excluding ortho intramolecular Hbond substituents is 1. The van der Waals surface area contributed by atoms with Crippen molar-refractivity contribution >= 4 is 22.3 Å². The Bertz CT molecular complexity index is 1150. The van der Waals surface area contributed by atoms with E-state index in [1.807, 2.05) is 24.3 Å². The summed E-state index contributed by atoms with van der Waals surface area (Å²) >= 11 is 0. The van der Waals surface area contributed by atoms with Gasteiger partial charge >= 0.3 is 0 Å². The normalized spacial score (nSPS) is 20.2. The van der Waals surface area contributed by atoms with Gasteiger partial charge in [-0.3, -0.25) is 4.90 Å². The lowest BCUT2D eigenvalue weighted by molar-refractivity contribution is 0.0255. The zero-order valence-corrected chi connectivity index (χ0v) is 18.0. The molecule has 2 aromatic carbocycles. The topological polar surface area (TPSA) is 74.9 Å². The number of aromatic nitrogens is 2. The van der Waals surface area contributed by atoms with Crippen molar-refractivity contribution < 1.29 is 9.84 Å². The minimum Gasteiger partial charge on any atom is -0.509 e. The maximum absolute atomic E-state index is 10.5. The molecule has 3 heterocycles. The molecule has 0 amide bonds. The van der Waals surface area contributed by atoms with Crippen molar-refractivity contribution in [3.63, 3.8) is 0 Å². The lowest BCUT2D eigenvalue weighted by atomic mass is 9.99. The van der Waals surface area contributed by atoms with Crippen LogP contribution in [0.25, 0.3) is 26.9 Å². The second-order valence-corrected chi connectivity index (χ2v) is 8.58. The molecule has 164 valence electrons. The molecular formula is C25H27N5O2. The Balaban J connectivity index is 1.42. The van der Waals surface area contributed by atoms with Crippen LogP contribution in [0.3, 0.4) is 0 Å². The van der Waals surface area contributed by atoms with Crippen LogP contribution in [-0.2, 0) is 4.74 Å². The number of aromatic hydroxyl groups is 1. The van der Waals surface area contributed by atoms with Crippen LogP contribution in [0.15, 0.2) is 42.5 Å². The zero-order valence-electron chi connectivity index (χ0n) is 18.0. The molecule has 2 aliphatic heterocycles. The summed E-state index contributed by atoms with van der Waals surface area (Å²) in [6.07, 6.45) is 4.50. The molecule has 1 aromatic heterocycles. The molecule has 7 heteroatoms. The first-order valence-electron chi connectivity index (χ1n) is 11.3. The molecule has 2 N–H and O–H groups in total. The fraction of sp³-hybridized carbons (Fsp3) is 0.400. The molecule has 2 fully saturated rings. The number of nitrogens with one attached hydrogen (secondary N) is 1. The van der Waals surface area contributed by atoms with Crippen molar-refractivity contribution in [1.29, 1.82) is 0 Å². The van der Waals surface area contributed by atoms with Crippen LogP contribution in [-0.4, -0.2) is 58.6 Å². The number of piperidine rings is 1. The van der Waals surface area contributed by atoms with E-state index < -0.39 is 0 Å². The summed E-state index contributed by atoms with van der Waals surface area (Å²) in [5, 5.41) is 25.1. The molecular weight excluding hydrogens is 402 g/mol. The van der Waals surface area contributed by atoms with E-state index in [4.69, 9.17) is 11.3 Å². The van der Waals surface area contributed by atoms with Gasteiger partial charge in [0, 0.05) is 48.2 Å². The van der Waals surface area contributed by atoms with Crippen LogP contribution in [0, 0.1) is 6.57 Å². The van der Waals surface area contributed by atoms with E-state index in [-0.39, 0.29) is 5.75 Å². The maximum Gasteiger partial charge on any atom is 0.190 e. The van der Waals surface area contributed by atoms with E-state index in [1.165, 1.54) is 12.5 Å². The second-order valence-electron chi connectivity index (χ2n) is 8.58. The van der Waals surface area contributed by atoms with Crippen molar-refractivity contribution in [2.24, 2.45) is 0 Å². The number of likely N-dealkylation sites (tertiary alicyclic amines) is 1. The minimum atomic E-state index is 0.0399. The quantitative estimate of drug-likeness (QED) is 0.590. The lowest BCUT2D eigenvalue weighted by Gasteiger charge is -2.40. The molecule has 2 saturated heterocycles. The third kappa shape index (κ3) is 4.12. The Morgan fingerprint density at radius 1 is 1.06 bits per heavy atom. The number of hydrogen-bond acceptors (Lipinski definition) is 6. The molecule has 32 heavy (non-hydrogen) atoms. The third-order valence-corrected chi connectivity index (χ3v) is 6.55. The summed E-state index contributed by atoms with van der Waals surface area (Å²) in [5.74, 6) is 0.818. The number of benzene rings is 2. The standard InChI is InChI=1S/C25H27N5O2/c1-26-17-8-9-22(23(31)15-17)24-20-6-2-3-7-21(20)25(29-28-24)27-18-5-4-12-30(16-18)19-10-13-32-14-11-19/h2-3,6-9,15,18-19,31H,4-5,10-14,16H2,(H,27,29)/t18-/m1/s1. The highest BCUT2D eigenvalue weighted by atomic mass is 16.5. The van der Waals surface area contributed by atoms with Crippen molar-refractivity contribution in [2.75, 3.05) is 31.6 Å². The molecule has 0 spiro atoms. The SMILES string of the molecule is [C-]#[N+]c1ccc(-c2nnc(N[C@@H]3CCCN(C4CCOCC4)C3)c3ccccc23)c(O)c1. The summed E-state index contributed by atoms with van der Waals surface area (Å²) in [7, 11) is 0. The summed E-state index contributed by atoms with van der Waals surface area (Å²) in [5.41, 5.74) is 1.59. The van der Waals surface area contributed by atoms with Crippen molar-refractivity contribution in [3.05, 3.63) is 53.9 Å². The Morgan fingerprint density at radius 3 is 2.66 bits per heavy atom. The Hall–Kier alpha value is -3.21. The Labute approximate surface area is 187 Å². The van der Waals surface area contributed by atoms with Crippen LogP contribution >= 0.6 is 0 Å². The molecule has 3 aromatic rings. The summed E-state index contributed by atoms with van der Waals surface area (Å²) < 4.78 is 5.54. The number of phenols is 1. The van der Waals surface area contributed by atoms with Gasteiger partial charge in [-0.15, -0.1) is 10.2 Å². The number of hydrogen-bond donors (Lipinski definition) is 2. The maximum atomic E-state index is 10.5. The molecule has 0 radical (unpaired) electrons. The van der Waals surface area contributed by atoms with E-state index >= 15 is 0 Å². The highest BCUT2D eigenvalue weighted by Crippen LogP contribution is 2.36. The van der Waals surface area contributed by atoms with Crippen LogP contribution < -0.4 is 5.32 Å². The van der Waals surface area contributed by atoms with Crippen molar-refractivity contribution in [2.45, 2.75) is 37.8 Å². The Kier molecular flexibility index (Phi) is 5.89. The zero-order chi connectivity index (χ0) is 21.9. The largest absolute Gasteiger partial charge is 0.509 e. The van der Waals surface area contributed by atoms with Crippen molar-refractivity contribution in [1.82, 2.24) is 15.1 Å². The van der Waals surface area contributed by atoms with Gasteiger partial charge in [-0.1, -0.05) is 36.4 Å². The first-order chi connectivity index (χ1) is 15.7. The van der Waals surface area contributed by atoms with E-state index in [1.54, 1.807) is 12.1 Å². The van der Waals surface area contributed by atoms with E-state index in [2.05, 4.69) is 25.3 Å². The molecule has 2 aliphatic rings. The third-order valence-electron chi connectivity index (χ3n) is 6.55. The van der Waals surface area contributed by atoms with E-state index in [9.17, 15) is 5.11 Å². The van der Waals surface area contributed by atoms with Crippen LogP contribution in [0.4, 0.5) is 11.5 Å².